The van der Waals surface area contributed by atoms with Gasteiger partial charge in [0.15, 0.2) is 0 Å². The van der Waals surface area contributed by atoms with Crippen molar-refractivity contribution in [3.8, 4) is 0 Å². The van der Waals surface area contributed by atoms with Crippen LogP contribution in [0.25, 0.3) is 10.9 Å². The lowest BCUT2D eigenvalue weighted by molar-refractivity contribution is 0.204. The number of thioether (sulfide) groups is 1. The van der Waals surface area contributed by atoms with E-state index >= 15 is 0 Å². The quantitative estimate of drug-likeness (QED) is 0.677. The van der Waals surface area contributed by atoms with Crippen LogP contribution in [0.4, 0.5) is 0 Å². The maximum absolute atomic E-state index is 10.4. The average molecular weight is 360 g/mol. The Labute approximate surface area is 136 Å². The van der Waals surface area contributed by atoms with E-state index in [0.29, 0.717) is 5.75 Å². The number of benzene rings is 2. The predicted molar refractivity (Wildman–Crippen MR) is 91.6 cm³/mol. The Morgan fingerprint density at radius 1 is 1.10 bits per heavy atom. The van der Waals surface area contributed by atoms with Gasteiger partial charge in [-0.25, -0.2) is 0 Å². The van der Waals surface area contributed by atoms with Crippen molar-refractivity contribution < 1.29 is 5.11 Å². The van der Waals surface area contributed by atoms with Crippen LogP contribution in [0.15, 0.2) is 70.2 Å². The van der Waals surface area contributed by atoms with Gasteiger partial charge in [0, 0.05) is 32.3 Å². The zero-order valence-electron chi connectivity index (χ0n) is 11.2. The minimum atomic E-state index is -0.529. The van der Waals surface area contributed by atoms with Crippen molar-refractivity contribution in [1.29, 1.82) is 0 Å². The molecule has 1 atom stereocenters. The Morgan fingerprint density at radius 2 is 1.86 bits per heavy atom. The molecule has 0 aliphatic rings. The summed E-state index contributed by atoms with van der Waals surface area (Å²) in [6.07, 6.45) is 1.23. The number of aliphatic hydroxyl groups is 1. The van der Waals surface area contributed by atoms with E-state index in [1.165, 1.54) is 0 Å². The van der Waals surface area contributed by atoms with Gasteiger partial charge in [0.25, 0.3) is 0 Å². The molecule has 21 heavy (non-hydrogen) atoms. The van der Waals surface area contributed by atoms with Gasteiger partial charge < -0.3 is 5.11 Å². The van der Waals surface area contributed by atoms with Crippen LogP contribution in [0.2, 0.25) is 0 Å². The molecule has 1 heterocycles. The molecule has 0 spiro atoms. The number of hydrogen-bond donors (Lipinski definition) is 1. The van der Waals surface area contributed by atoms with Crippen molar-refractivity contribution in [3.05, 3.63) is 70.8 Å². The van der Waals surface area contributed by atoms with E-state index in [9.17, 15) is 5.11 Å². The standard InChI is InChI=1S/C17H14BrNOS/c18-14-6-2-4-8-17(14)21-11-16(20)13-9-12-5-1-3-7-15(12)19-10-13/h1-10,16,20H,11H2. The highest BCUT2D eigenvalue weighted by molar-refractivity contribution is 9.10. The Kier molecular flexibility index (Phi) is 4.58. The molecule has 0 aliphatic heterocycles. The summed E-state index contributed by atoms with van der Waals surface area (Å²) in [6, 6.07) is 18.0. The second kappa shape index (κ2) is 6.60. The van der Waals surface area contributed by atoms with Crippen LogP contribution in [0.3, 0.4) is 0 Å². The van der Waals surface area contributed by atoms with Crippen molar-refractivity contribution in [2.75, 3.05) is 5.75 Å². The zero-order chi connectivity index (χ0) is 14.7. The number of fused-ring (bicyclic) bond motifs is 1. The number of aromatic nitrogens is 1. The first kappa shape index (κ1) is 14.6. The summed E-state index contributed by atoms with van der Waals surface area (Å²) in [4.78, 5) is 5.53. The highest BCUT2D eigenvalue weighted by Gasteiger charge is 2.10. The zero-order valence-corrected chi connectivity index (χ0v) is 13.6. The Bertz CT molecular complexity index is 762. The number of pyridine rings is 1. The number of nitrogens with zero attached hydrogens (tertiary/aromatic N) is 1. The third kappa shape index (κ3) is 3.46. The highest BCUT2D eigenvalue weighted by atomic mass is 79.9. The van der Waals surface area contributed by atoms with Gasteiger partial charge in [0.2, 0.25) is 0 Å². The lowest BCUT2D eigenvalue weighted by Crippen LogP contribution is -2.01. The lowest BCUT2D eigenvalue weighted by Gasteiger charge is -2.12. The summed E-state index contributed by atoms with van der Waals surface area (Å²) in [7, 11) is 0. The van der Waals surface area contributed by atoms with Crippen molar-refractivity contribution in [3.63, 3.8) is 0 Å². The number of para-hydroxylation sites is 1. The Hall–Kier alpha value is -1.36. The minimum Gasteiger partial charge on any atom is -0.387 e. The molecule has 0 bridgehead atoms. The first-order valence-electron chi connectivity index (χ1n) is 6.64. The molecule has 0 radical (unpaired) electrons. The van der Waals surface area contributed by atoms with E-state index in [1.54, 1.807) is 18.0 Å². The first-order chi connectivity index (χ1) is 10.2. The van der Waals surface area contributed by atoms with E-state index in [1.807, 2.05) is 54.6 Å². The molecule has 0 saturated heterocycles. The molecule has 1 aromatic heterocycles. The molecule has 1 unspecified atom stereocenters. The van der Waals surface area contributed by atoms with Crippen LogP contribution in [0.1, 0.15) is 11.7 Å². The molecule has 1 N–H and O–H groups in total. The molecule has 0 saturated carbocycles. The largest absolute Gasteiger partial charge is 0.387 e. The summed E-state index contributed by atoms with van der Waals surface area (Å²) in [6.45, 7) is 0. The molecule has 0 amide bonds. The van der Waals surface area contributed by atoms with Crippen molar-refractivity contribution in [2.45, 2.75) is 11.0 Å². The summed E-state index contributed by atoms with van der Waals surface area (Å²) >= 11 is 5.15. The minimum absolute atomic E-state index is 0.529. The maximum atomic E-state index is 10.4. The van der Waals surface area contributed by atoms with Crippen LogP contribution in [0.5, 0.6) is 0 Å². The fraction of sp³-hybridized carbons (Fsp3) is 0.118. The normalized spacial score (nSPS) is 12.5. The summed E-state index contributed by atoms with van der Waals surface area (Å²) < 4.78 is 1.05. The predicted octanol–water partition coefficient (Wildman–Crippen LogP) is 4.82. The van der Waals surface area contributed by atoms with E-state index in [2.05, 4.69) is 20.9 Å². The third-order valence-electron chi connectivity index (χ3n) is 3.23. The fourth-order valence-corrected chi connectivity index (χ4v) is 3.64. The third-order valence-corrected chi connectivity index (χ3v) is 5.33. The molecule has 3 aromatic rings. The molecular formula is C17H14BrNOS. The smallest absolute Gasteiger partial charge is 0.0898 e. The van der Waals surface area contributed by atoms with Gasteiger partial charge in [-0.05, 0) is 40.2 Å². The molecule has 3 rings (SSSR count). The second-order valence-corrected chi connectivity index (χ2v) is 6.63. The lowest BCUT2D eigenvalue weighted by atomic mass is 10.1. The first-order valence-corrected chi connectivity index (χ1v) is 8.42. The van der Waals surface area contributed by atoms with E-state index < -0.39 is 6.10 Å². The van der Waals surface area contributed by atoms with Crippen LogP contribution in [0, 0.1) is 0 Å². The average Bonchev–Trinajstić information content (AvgIpc) is 2.53. The van der Waals surface area contributed by atoms with E-state index in [0.717, 1.165) is 25.8 Å². The van der Waals surface area contributed by atoms with Crippen molar-refractivity contribution in [1.82, 2.24) is 4.98 Å². The molecular weight excluding hydrogens is 346 g/mol. The van der Waals surface area contributed by atoms with E-state index in [4.69, 9.17) is 0 Å². The monoisotopic (exact) mass is 359 g/mol. The van der Waals surface area contributed by atoms with Gasteiger partial charge in [-0.3, -0.25) is 4.98 Å². The van der Waals surface area contributed by atoms with Gasteiger partial charge in [-0.1, -0.05) is 30.3 Å². The highest BCUT2D eigenvalue weighted by Crippen LogP contribution is 2.30. The van der Waals surface area contributed by atoms with Gasteiger partial charge in [-0.2, -0.15) is 0 Å². The second-order valence-electron chi connectivity index (χ2n) is 4.72. The van der Waals surface area contributed by atoms with Crippen LogP contribution in [-0.2, 0) is 0 Å². The van der Waals surface area contributed by atoms with Crippen molar-refractivity contribution in [2.24, 2.45) is 0 Å². The van der Waals surface area contributed by atoms with Gasteiger partial charge in [0.05, 0.1) is 11.6 Å². The molecule has 4 heteroatoms. The summed E-state index contributed by atoms with van der Waals surface area (Å²) in [5.74, 6) is 0.600. The molecule has 2 aromatic carbocycles. The van der Waals surface area contributed by atoms with Gasteiger partial charge >= 0.3 is 0 Å². The number of hydrogen-bond acceptors (Lipinski definition) is 3. The Morgan fingerprint density at radius 3 is 2.71 bits per heavy atom. The molecule has 0 aliphatic carbocycles. The van der Waals surface area contributed by atoms with E-state index in [-0.39, 0.29) is 0 Å². The SMILES string of the molecule is OC(CSc1ccccc1Br)c1cnc2ccccc2c1. The number of halogens is 1. The molecule has 106 valence electrons. The summed E-state index contributed by atoms with van der Waals surface area (Å²) in [5, 5.41) is 11.4. The van der Waals surface area contributed by atoms with Gasteiger partial charge in [0.1, 0.15) is 0 Å². The summed E-state index contributed by atoms with van der Waals surface area (Å²) in [5.41, 5.74) is 1.81. The molecule has 2 nitrogen and oxygen atoms in total. The van der Waals surface area contributed by atoms with Crippen molar-refractivity contribution >= 4 is 38.6 Å². The molecule has 0 fully saturated rings. The fourth-order valence-electron chi connectivity index (χ4n) is 2.10. The number of aliphatic hydroxyl groups excluding tert-OH is 1. The van der Waals surface area contributed by atoms with Crippen LogP contribution in [-0.4, -0.2) is 15.8 Å². The van der Waals surface area contributed by atoms with Crippen LogP contribution < -0.4 is 0 Å². The maximum Gasteiger partial charge on any atom is 0.0898 e. The van der Waals surface area contributed by atoms with Gasteiger partial charge in [-0.15, -0.1) is 11.8 Å². The Balaban J connectivity index is 1.75. The number of rotatable bonds is 4. The van der Waals surface area contributed by atoms with Crippen LogP contribution >= 0.6 is 27.7 Å². The topological polar surface area (TPSA) is 33.1 Å².